The smallest absolute Gasteiger partial charge is 0.125 e. The number of nitrogens with zero attached hydrogens (tertiary/aromatic N) is 1. The van der Waals surface area contributed by atoms with E-state index in [1.54, 1.807) is 12.3 Å². The molecule has 0 aliphatic carbocycles. The van der Waals surface area contributed by atoms with Crippen LogP contribution in [0.25, 0.3) is 10.9 Å². The molecule has 0 saturated heterocycles. The normalized spacial score (nSPS) is 10.3. The van der Waals surface area contributed by atoms with Gasteiger partial charge in [0, 0.05) is 30.4 Å². The Kier molecular flexibility index (Phi) is 1.85. The zero-order valence-corrected chi connectivity index (χ0v) is 7.21. The van der Waals surface area contributed by atoms with E-state index in [0.717, 1.165) is 11.1 Å². The molecule has 0 atom stereocenters. The fourth-order valence-electron chi connectivity index (χ4n) is 1.34. The largest absolute Gasteiger partial charge is 0.388 e. The topological polar surface area (TPSA) is 24.9 Å². The summed E-state index contributed by atoms with van der Waals surface area (Å²) in [6.07, 6.45) is 1.66. The van der Waals surface area contributed by atoms with Gasteiger partial charge in [0.2, 0.25) is 0 Å². The second-order valence-corrected chi connectivity index (χ2v) is 2.77. The Labute approximate surface area is 75.4 Å². The number of halogens is 1. The van der Waals surface area contributed by atoms with Crippen LogP contribution in [0.15, 0.2) is 30.5 Å². The first-order chi connectivity index (χ1) is 6.31. The molecule has 2 aromatic rings. The first kappa shape index (κ1) is 7.98. The molecule has 0 fully saturated rings. The Balaban J connectivity index is 2.77. The predicted molar refractivity (Wildman–Crippen MR) is 51.2 cm³/mol. The van der Waals surface area contributed by atoms with Gasteiger partial charge < -0.3 is 5.32 Å². The Morgan fingerprint density at radius 2 is 2.15 bits per heavy atom. The minimum Gasteiger partial charge on any atom is -0.388 e. The summed E-state index contributed by atoms with van der Waals surface area (Å²) in [5, 5.41) is 3.96. The first-order valence-corrected chi connectivity index (χ1v) is 4.03. The molecule has 0 bridgehead atoms. The van der Waals surface area contributed by atoms with E-state index in [1.165, 1.54) is 12.1 Å². The van der Waals surface area contributed by atoms with E-state index < -0.39 is 0 Å². The van der Waals surface area contributed by atoms with Crippen LogP contribution in [0.5, 0.6) is 0 Å². The summed E-state index contributed by atoms with van der Waals surface area (Å²) < 4.78 is 12.8. The van der Waals surface area contributed by atoms with E-state index in [0.29, 0.717) is 5.52 Å². The number of rotatable bonds is 1. The standard InChI is InChI=1S/C10H9FN2/c1-12-9-4-5-13-10-6-7(11)2-3-8(9)10/h2-6H,1H3,(H,12,13). The lowest BCUT2D eigenvalue weighted by atomic mass is 10.2. The number of aromatic nitrogens is 1. The molecule has 0 saturated carbocycles. The molecule has 0 aliphatic heterocycles. The highest BCUT2D eigenvalue weighted by atomic mass is 19.1. The minimum absolute atomic E-state index is 0.256. The lowest BCUT2D eigenvalue weighted by Crippen LogP contribution is -1.90. The summed E-state index contributed by atoms with van der Waals surface area (Å²) in [5.74, 6) is -0.256. The van der Waals surface area contributed by atoms with Gasteiger partial charge >= 0.3 is 0 Å². The number of benzene rings is 1. The fourth-order valence-corrected chi connectivity index (χ4v) is 1.34. The van der Waals surface area contributed by atoms with Crippen molar-refractivity contribution in [2.24, 2.45) is 0 Å². The van der Waals surface area contributed by atoms with E-state index in [-0.39, 0.29) is 5.82 Å². The molecular formula is C10H9FN2. The predicted octanol–water partition coefficient (Wildman–Crippen LogP) is 2.42. The average Bonchev–Trinajstić information content (AvgIpc) is 2.16. The summed E-state index contributed by atoms with van der Waals surface area (Å²) >= 11 is 0. The minimum atomic E-state index is -0.256. The van der Waals surface area contributed by atoms with Crippen LogP contribution in [0.1, 0.15) is 0 Å². The van der Waals surface area contributed by atoms with Crippen LogP contribution in [0.4, 0.5) is 10.1 Å². The van der Waals surface area contributed by atoms with Crippen LogP contribution >= 0.6 is 0 Å². The van der Waals surface area contributed by atoms with E-state index in [9.17, 15) is 4.39 Å². The molecule has 0 spiro atoms. The SMILES string of the molecule is CNc1ccnc2cc(F)ccc12. The molecule has 0 aliphatic rings. The van der Waals surface area contributed by atoms with Crippen molar-refractivity contribution in [3.05, 3.63) is 36.3 Å². The van der Waals surface area contributed by atoms with Gasteiger partial charge in [-0.05, 0) is 18.2 Å². The zero-order chi connectivity index (χ0) is 9.26. The van der Waals surface area contributed by atoms with Gasteiger partial charge in [-0.3, -0.25) is 4.98 Å². The number of nitrogens with one attached hydrogen (secondary N) is 1. The summed E-state index contributed by atoms with van der Waals surface area (Å²) in [6.45, 7) is 0. The summed E-state index contributed by atoms with van der Waals surface area (Å²) in [6, 6.07) is 6.45. The van der Waals surface area contributed by atoms with Crippen molar-refractivity contribution < 1.29 is 4.39 Å². The van der Waals surface area contributed by atoms with Gasteiger partial charge in [-0.2, -0.15) is 0 Å². The molecular weight excluding hydrogens is 167 g/mol. The van der Waals surface area contributed by atoms with Crippen LogP contribution in [-0.2, 0) is 0 Å². The van der Waals surface area contributed by atoms with Crippen molar-refractivity contribution >= 4 is 16.6 Å². The molecule has 66 valence electrons. The van der Waals surface area contributed by atoms with Gasteiger partial charge in [-0.25, -0.2) is 4.39 Å². The van der Waals surface area contributed by atoms with E-state index in [4.69, 9.17) is 0 Å². The maximum atomic E-state index is 12.8. The maximum absolute atomic E-state index is 12.8. The monoisotopic (exact) mass is 176 g/mol. The van der Waals surface area contributed by atoms with Crippen molar-refractivity contribution in [3.8, 4) is 0 Å². The van der Waals surface area contributed by atoms with Gasteiger partial charge in [-0.1, -0.05) is 0 Å². The molecule has 3 heteroatoms. The van der Waals surface area contributed by atoms with Gasteiger partial charge in [0.15, 0.2) is 0 Å². The third-order valence-corrected chi connectivity index (χ3v) is 1.97. The van der Waals surface area contributed by atoms with Gasteiger partial charge in [-0.15, -0.1) is 0 Å². The molecule has 0 amide bonds. The zero-order valence-electron chi connectivity index (χ0n) is 7.21. The van der Waals surface area contributed by atoms with Crippen LogP contribution in [0, 0.1) is 5.82 Å². The Bertz CT molecular complexity index is 440. The third kappa shape index (κ3) is 1.33. The maximum Gasteiger partial charge on any atom is 0.125 e. The molecule has 1 aromatic carbocycles. The molecule has 13 heavy (non-hydrogen) atoms. The molecule has 1 aromatic heterocycles. The quantitative estimate of drug-likeness (QED) is 0.721. The number of hydrogen-bond donors (Lipinski definition) is 1. The van der Waals surface area contributed by atoms with Gasteiger partial charge in [0.05, 0.1) is 5.52 Å². The van der Waals surface area contributed by atoms with Crippen LogP contribution in [0.3, 0.4) is 0 Å². The number of hydrogen-bond acceptors (Lipinski definition) is 2. The van der Waals surface area contributed by atoms with Crippen LogP contribution in [-0.4, -0.2) is 12.0 Å². The molecule has 1 N–H and O–H groups in total. The summed E-state index contributed by atoms with van der Waals surface area (Å²) in [4.78, 5) is 4.07. The number of pyridine rings is 1. The molecule has 0 unspecified atom stereocenters. The second kappa shape index (κ2) is 3.01. The van der Waals surface area contributed by atoms with Gasteiger partial charge in [0.1, 0.15) is 5.82 Å². The number of anilines is 1. The average molecular weight is 176 g/mol. The van der Waals surface area contributed by atoms with Crippen molar-refractivity contribution in [2.75, 3.05) is 12.4 Å². The molecule has 0 radical (unpaired) electrons. The Hall–Kier alpha value is -1.64. The van der Waals surface area contributed by atoms with Gasteiger partial charge in [0.25, 0.3) is 0 Å². The third-order valence-electron chi connectivity index (χ3n) is 1.97. The summed E-state index contributed by atoms with van der Waals surface area (Å²) in [5.41, 5.74) is 1.64. The lowest BCUT2D eigenvalue weighted by Gasteiger charge is -2.03. The van der Waals surface area contributed by atoms with E-state index in [2.05, 4.69) is 10.3 Å². The van der Waals surface area contributed by atoms with Crippen LogP contribution in [0.2, 0.25) is 0 Å². The number of fused-ring (bicyclic) bond motifs is 1. The van der Waals surface area contributed by atoms with E-state index in [1.807, 2.05) is 13.1 Å². The molecule has 2 nitrogen and oxygen atoms in total. The Morgan fingerprint density at radius 3 is 2.92 bits per heavy atom. The summed E-state index contributed by atoms with van der Waals surface area (Å²) in [7, 11) is 1.83. The highest BCUT2D eigenvalue weighted by molar-refractivity contribution is 5.90. The second-order valence-electron chi connectivity index (χ2n) is 2.77. The first-order valence-electron chi connectivity index (χ1n) is 4.03. The lowest BCUT2D eigenvalue weighted by molar-refractivity contribution is 0.629. The van der Waals surface area contributed by atoms with Crippen molar-refractivity contribution in [3.63, 3.8) is 0 Å². The fraction of sp³-hybridized carbons (Fsp3) is 0.100. The Morgan fingerprint density at radius 1 is 1.31 bits per heavy atom. The van der Waals surface area contributed by atoms with Crippen molar-refractivity contribution in [1.29, 1.82) is 0 Å². The molecule has 1 heterocycles. The van der Waals surface area contributed by atoms with Crippen molar-refractivity contribution in [1.82, 2.24) is 4.98 Å². The highest BCUT2D eigenvalue weighted by Gasteiger charge is 2.00. The van der Waals surface area contributed by atoms with Crippen molar-refractivity contribution in [2.45, 2.75) is 0 Å². The molecule has 2 rings (SSSR count). The highest BCUT2D eigenvalue weighted by Crippen LogP contribution is 2.21. The van der Waals surface area contributed by atoms with E-state index >= 15 is 0 Å². The van der Waals surface area contributed by atoms with Crippen LogP contribution < -0.4 is 5.32 Å².